The lowest BCUT2D eigenvalue weighted by Crippen LogP contribution is -2.14. The maximum Gasteiger partial charge on any atom is 0.269 e. The quantitative estimate of drug-likeness (QED) is 0.692. The van der Waals surface area contributed by atoms with Gasteiger partial charge in [0.25, 0.3) is 10.0 Å². The van der Waals surface area contributed by atoms with Crippen molar-refractivity contribution in [2.24, 2.45) is 0 Å². The molecule has 0 amide bonds. The average Bonchev–Trinajstić information content (AvgIpc) is 3.01. The van der Waals surface area contributed by atoms with Crippen LogP contribution >= 0.6 is 24.8 Å². The summed E-state index contributed by atoms with van der Waals surface area (Å²) in [6.45, 7) is 2.42. The van der Waals surface area contributed by atoms with Gasteiger partial charge in [0.1, 0.15) is 4.90 Å². The highest BCUT2D eigenvalue weighted by atomic mass is 35.5. The summed E-state index contributed by atoms with van der Waals surface area (Å²) in [5.41, 5.74) is 3.17. The van der Waals surface area contributed by atoms with Crippen molar-refractivity contribution in [3.8, 4) is 11.3 Å². The second-order valence-electron chi connectivity index (χ2n) is 5.57. The van der Waals surface area contributed by atoms with E-state index in [1.165, 1.54) is 10.2 Å². The number of rotatable bonds is 5. The molecule has 0 radical (unpaired) electrons. The van der Waals surface area contributed by atoms with E-state index >= 15 is 0 Å². The van der Waals surface area contributed by atoms with Gasteiger partial charge in [0.2, 0.25) is 0 Å². The fourth-order valence-corrected chi connectivity index (χ4v) is 3.88. The van der Waals surface area contributed by atoms with E-state index in [2.05, 4.69) is 10.3 Å². The summed E-state index contributed by atoms with van der Waals surface area (Å²) < 4.78 is 27.5. The first-order chi connectivity index (χ1) is 11.5. The van der Waals surface area contributed by atoms with Crippen molar-refractivity contribution < 1.29 is 8.42 Å². The van der Waals surface area contributed by atoms with Crippen LogP contribution in [-0.4, -0.2) is 24.4 Å². The minimum atomic E-state index is -3.71. The summed E-state index contributed by atoms with van der Waals surface area (Å²) in [5.74, 6) is 0. The number of aryl methyl sites for hydroxylation is 1. The molecule has 5 nitrogen and oxygen atoms in total. The maximum atomic E-state index is 13.1. The molecule has 2 aromatic heterocycles. The zero-order chi connectivity index (χ0) is 17.2. The molecular weight excluding hydrogens is 393 g/mol. The molecule has 0 aliphatic heterocycles. The van der Waals surface area contributed by atoms with Crippen LogP contribution in [0.3, 0.4) is 0 Å². The summed E-state index contributed by atoms with van der Waals surface area (Å²) in [5, 5.41) is 3.05. The van der Waals surface area contributed by atoms with Gasteiger partial charge in [-0.15, -0.1) is 24.8 Å². The Kier molecular flexibility index (Phi) is 7.84. The van der Waals surface area contributed by atoms with E-state index in [1.54, 1.807) is 18.3 Å². The number of aromatic nitrogens is 2. The Labute approximate surface area is 166 Å². The highest BCUT2D eigenvalue weighted by Crippen LogP contribution is 2.27. The van der Waals surface area contributed by atoms with Gasteiger partial charge >= 0.3 is 0 Å². The Bertz CT molecular complexity index is 940. The standard InChI is InChI=1S/C18H19N3O2S.2ClH/c1-14-8-9-17(12-20-14)24(22,23)21-13-15(11-19-2)10-18(21)16-6-4-3-5-7-16;;/h3-10,12-13,19H,11H2,1-2H3;2*1H. The van der Waals surface area contributed by atoms with Crippen LogP contribution in [0.4, 0.5) is 0 Å². The van der Waals surface area contributed by atoms with Crippen LogP contribution in [-0.2, 0) is 16.6 Å². The van der Waals surface area contributed by atoms with Crippen molar-refractivity contribution in [3.05, 3.63) is 72.2 Å². The van der Waals surface area contributed by atoms with Crippen molar-refractivity contribution in [2.45, 2.75) is 18.4 Å². The first-order valence-corrected chi connectivity index (χ1v) is 9.06. The summed E-state index contributed by atoms with van der Waals surface area (Å²) in [6.07, 6.45) is 3.06. The van der Waals surface area contributed by atoms with E-state index in [4.69, 9.17) is 0 Å². The lowest BCUT2D eigenvalue weighted by Gasteiger charge is -2.10. The molecule has 3 aromatic rings. The molecule has 1 N–H and O–H groups in total. The Morgan fingerprint density at radius 2 is 1.77 bits per heavy atom. The van der Waals surface area contributed by atoms with Crippen LogP contribution in [0.1, 0.15) is 11.3 Å². The van der Waals surface area contributed by atoms with Crippen LogP contribution in [0.25, 0.3) is 11.3 Å². The number of nitrogens with one attached hydrogen (secondary N) is 1. The fraction of sp³-hybridized carbons (Fsp3) is 0.167. The van der Waals surface area contributed by atoms with Gasteiger partial charge < -0.3 is 5.32 Å². The SMILES string of the molecule is CNCc1cc(-c2ccccc2)n(S(=O)(=O)c2ccc(C)nc2)c1.Cl.Cl. The van der Waals surface area contributed by atoms with Crippen LogP contribution < -0.4 is 5.32 Å². The number of benzene rings is 1. The molecule has 0 fully saturated rings. The van der Waals surface area contributed by atoms with E-state index < -0.39 is 10.0 Å². The molecule has 3 rings (SSSR count). The van der Waals surface area contributed by atoms with Crippen molar-refractivity contribution in [3.63, 3.8) is 0 Å². The lowest BCUT2D eigenvalue weighted by atomic mass is 10.1. The number of hydrogen-bond acceptors (Lipinski definition) is 4. The van der Waals surface area contributed by atoms with E-state index in [1.807, 2.05) is 50.4 Å². The third-order valence-corrected chi connectivity index (χ3v) is 5.39. The van der Waals surface area contributed by atoms with E-state index in [-0.39, 0.29) is 29.7 Å². The minimum absolute atomic E-state index is 0. The molecule has 0 aliphatic carbocycles. The van der Waals surface area contributed by atoms with Crippen molar-refractivity contribution in [1.82, 2.24) is 14.3 Å². The predicted molar refractivity (Wildman–Crippen MR) is 109 cm³/mol. The summed E-state index contributed by atoms with van der Waals surface area (Å²) in [4.78, 5) is 4.29. The van der Waals surface area contributed by atoms with Crippen molar-refractivity contribution in [1.29, 1.82) is 0 Å². The highest BCUT2D eigenvalue weighted by molar-refractivity contribution is 7.90. The van der Waals surface area contributed by atoms with Gasteiger partial charge in [0.05, 0.1) is 5.69 Å². The Balaban J connectivity index is 0.00000169. The van der Waals surface area contributed by atoms with Gasteiger partial charge in [0.15, 0.2) is 0 Å². The van der Waals surface area contributed by atoms with Crippen LogP contribution in [0.5, 0.6) is 0 Å². The lowest BCUT2D eigenvalue weighted by molar-refractivity contribution is 0.587. The van der Waals surface area contributed by atoms with Crippen LogP contribution in [0.2, 0.25) is 0 Å². The molecule has 140 valence electrons. The predicted octanol–water partition coefficient (Wildman–Crippen LogP) is 3.66. The Hall–Kier alpha value is -1.86. The second-order valence-corrected chi connectivity index (χ2v) is 7.38. The first-order valence-electron chi connectivity index (χ1n) is 7.62. The van der Waals surface area contributed by atoms with E-state index in [9.17, 15) is 8.42 Å². The smallest absolute Gasteiger partial charge is 0.269 e. The molecule has 0 spiro atoms. The molecule has 0 unspecified atom stereocenters. The average molecular weight is 414 g/mol. The van der Waals surface area contributed by atoms with E-state index in [0.29, 0.717) is 12.2 Å². The molecule has 0 bridgehead atoms. The van der Waals surface area contributed by atoms with Gasteiger partial charge in [-0.25, -0.2) is 12.4 Å². The molecule has 0 atom stereocenters. The van der Waals surface area contributed by atoms with Crippen molar-refractivity contribution >= 4 is 34.8 Å². The zero-order valence-electron chi connectivity index (χ0n) is 14.4. The summed E-state index contributed by atoms with van der Waals surface area (Å²) >= 11 is 0. The van der Waals surface area contributed by atoms with Crippen molar-refractivity contribution in [2.75, 3.05) is 7.05 Å². The number of pyridine rings is 1. The summed E-state index contributed by atoms with van der Waals surface area (Å²) in [7, 11) is -1.87. The van der Waals surface area contributed by atoms with Gasteiger partial charge in [-0.2, -0.15) is 0 Å². The molecule has 0 saturated carbocycles. The molecular formula is C18H21Cl2N3O2S. The number of hydrogen-bond donors (Lipinski definition) is 1. The topological polar surface area (TPSA) is 64.0 Å². The second kappa shape index (κ2) is 9.19. The van der Waals surface area contributed by atoms with Gasteiger partial charge in [0, 0.05) is 24.6 Å². The first kappa shape index (κ1) is 22.2. The van der Waals surface area contributed by atoms with Gasteiger partial charge in [-0.05, 0) is 43.3 Å². The molecule has 1 aromatic carbocycles. The molecule has 2 heterocycles. The molecule has 0 aliphatic rings. The summed E-state index contributed by atoms with van der Waals surface area (Å²) in [6, 6.07) is 14.7. The Morgan fingerprint density at radius 3 is 2.35 bits per heavy atom. The number of nitrogens with zero attached hydrogens (tertiary/aromatic N) is 2. The minimum Gasteiger partial charge on any atom is -0.316 e. The van der Waals surface area contributed by atoms with Gasteiger partial charge in [-0.1, -0.05) is 30.3 Å². The normalized spacial score (nSPS) is 10.7. The highest BCUT2D eigenvalue weighted by Gasteiger charge is 2.22. The maximum absolute atomic E-state index is 13.1. The van der Waals surface area contributed by atoms with Crippen LogP contribution in [0.15, 0.2) is 65.8 Å². The number of halogens is 2. The monoisotopic (exact) mass is 413 g/mol. The van der Waals surface area contributed by atoms with Gasteiger partial charge in [-0.3, -0.25) is 4.98 Å². The molecule has 0 saturated heterocycles. The third-order valence-electron chi connectivity index (χ3n) is 3.73. The van der Waals surface area contributed by atoms with Crippen LogP contribution in [0, 0.1) is 6.92 Å². The van der Waals surface area contributed by atoms with E-state index in [0.717, 1.165) is 16.8 Å². The third kappa shape index (κ3) is 4.45. The molecule has 26 heavy (non-hydrogen) atoms. The largest absolute Gasteiger partial charge is 0.316 e. The Morgan fingerprint density at radius 1 is 1.08 bits per heavy atom. The zero-order valence-corrected chi connectivity index (χ0v) is 16.9. The fourth-order valence-electron chi connectivity index (χ4n) is 2.54. The molecule has 8 heteroatoms.